The van der Waals surface area contributed by atoms with Gasteiger partial charge in [-0.05, 0) is 47.1 Å². The molecule has 3 rings (SSSR count). The van der Waals surface area contributed by atoms with Crippen LogP contribution in [0.15, 0.2) is 63.5 Å². The van der Waals surface area contributed by atoms with Crippen LogP contribution in [-0.2, 0) is 6.42 Å². The van der Waals surface area contributed by atoms with Crippen molar-refractivity contribution in [3.63, 3.8) is 0 Å². The van der Waals surface area contributed by atoms with E-state index in [1.807, 2.05) is 55.5 Å². The van der Waals surface area contributed by atoms with Crippen molar-refractivity contribution < 1.29 is 9.21 Å². The Kier molecular flexibility index (Phi) is 4.29. The second kappa shape index (κ2) is 6.36. The lowest BCUT2D eigenvalue weighted by Crippen LogP contribution is -2.34. The Balaban J connectivity index is 1.68. The highest BCUT2D eigenvalue weighted by Gasteiger charge is 2.14. The van der Waals surface area contributed by atoms with E-state index in [0.29, 0.717) is 12.0 Å². The van der Waals surface area contributed by atoms with Gasteiger partial charge in [0.2, 0.25) is 0 Å². The number of halogens is 1. The Hall–Kier alpha value is -2.07. The SMILES string of the molecule is C[C@@H](Cc1cc2ccccc2o1)NC(=O)c1ccccc1Br. The predicted molar refractivity (Wildman–Crippen MR) is 91.0 cm³/mol. The van der Waals surface area contributed by atoms with E-state index in [2.05, 4.69) is 21.2 Å². The molecule has 22 heavy (non-hydrogen) atoms. The normalized spacial score (nSPS) is 12.3. The summed E-state index contributed by atoms with van der Waals surface area (Å²) in [7, 11) is 0. The lowest BCUT2D eigenvalue weighted by atomic mass is 10.1. The van der Waals surface area contributed by atoms with Crippen molar-refractivity contribution in [1.29, 1.82) is 0 Å². The van der Waals surface area contributed by atoms with E-state index >= 15 is 0 Å². The number of rotatable bonds is 4. The van der Waals surface area contributed by atoms with Crippen LogP contribution in [0.25, 0.3) is 11.0 Å². The highest BCUT2D eigenvalue weighted by molar-refractivity contribution is 9.10. The van der Waals surface area contributed by atoms with Gasteiger partial charge in [-0.3, -0.25) is 4.79 Å². The van der Waals surface area contributed by atoms with Crippen LogP contribution in [0.5, 0.6) is 0 Å². The van der Waals surface area contributed by atoms with E-state index in [9.17, 15) is 4.79 Å². The number of hydrogen-bond acceptors (Lipinski definition) is 2. The molecule has 2 aromatic carbocycles. The summed E-state index contributed by atoms with van der Waals surface area (Å²) in [6.07, 6.45) is 0.658. The van der Waals surface area contributed by atoms with E-state index in [1.165, 1.54) is 0 Å². The molecule has 1 N–H and O–H groups in total. The second-order valence-electron chi connectivity index (χ2n) is 5.31. The maximum atomic E-state index is 12.3. The second-order valence-corrected chi connectivity index (χ2v) is 6.16. The third-order valence-electron chi connectivity index (χ3n) is 3.48. The van der Waals surface area contributed by atoms with Crippen LogP contribution in [0, 0.1) is 0 Å². The molecule has 0 saturated carbocycles. The fourth-order valence-corrected chi connectivity index (χ4v) is 2.90. The minimum Gasteiger partial charge on any atom is -0.461 e. The van der Waals surface area contributed by atoms with Gasteiger partial charge in [-0.25, -0.2) is 0 Å². The van der Waals surface area contributed by atoms with Gasteiger partial charge in [0.25, 0.3) is 5.91 Å². The van der Waals surface area contributed by atoms with Gasteiger partial charge in [-0.15, -0.1) is 0 Å². The fraction of sp³-hybridized carbons (Fsp3) is 0.167. The summed E-state index contributed by atoms with van der Waals surface area (Å²) in [6, 6.07) is 17.3. The van der Waals surface area contributed by atoms with Gasteiger partial charge in [0.1, 0.15) is 11.3 Å². The monoisotopic (exact) mass is 357 g/mol. The summed E-state index contributed by atoms with van der Waals surface area (Å²) >= 11 is 3.40. The van der Waals surface area contributed by atoms with Crippen LogP contribution >= 0.6 is 15.9 Å². The molecule has 3 aromatic rings. The number of furan rings is 1. The highest BCUT2D eigenvalue weighted by Crippen LogP contribution is 2.20. The Morgan fingerprint density at radius 3 is 2.68 bits per heavy atom. The molecule has 0 spiro atoms. The van der Waals surface area contributed by atoms with Crippen molar-refractivity contribution in [2.75, 3.05) is 0 Å². The molecule has 0 aliphatic heterocycles. The van der Waals surface area contributed by atoms with Crippen LogP contribution in [0.4, 0.5) is 0 Å². The molecular formula is C18H16BrNO2. The maximum Gasteiger partial charge on any atom is 0.252 e. The summed E-state index contributed by atoms with van der Waals surface area (Å²) in [5, 5.41) is 4.09. The number of nitrogens with one attached hydrogen (secondary N) is 1. The van der Waals surface area contributed by atoms with Gasteiger partial charge < -0.3 is 9.73 Å². The molecule has 0 unspecified atom stereocenters. The lowest BCUT2D eigenvalue weighted by Gasteiger charge is -2.13. The average molecular weight is 358 g/mol. The molecule has 1 amide bonds. The number of fused-ring (bicyclic) bond motifs is 1. The first-order chi connectivity index (χ1) is 10.6. The number of benzene rings is 2. The number of para-hydroxylation sites is 1. The minimum absolute atomic E-state index is 0.0137. The van der Waals surface area contributed by atoms with Crippen LogP contribution in [0.2, 0.25) is 0 Å². The van der Waals surface area contributed by atoms with E-state index < -0.39 is 0 Å². The largest absolute Gasteiger partial charge is 0.461 e. The summed E-state index contributed by atoms with van der Waals surface area (Å²) in [4.78, 5) is 12.3. The molecule has 112 valence electrons. The van der Waals surface area contributed by atoms with Crippen molar-refractivity contribution in [2.45, 2.75) is 19.4 Å². The summed E-state index contributed by atoms with van der Waals surface area (Å²) in [5.41, 5.74) is 1.51. The number of hydrogen-bond donors (Lipinski definition) is 1. The molecule has 1 aromatic heterocycles. The van der Waals surface area contributed by atoms with Gasteiger partial charge in [0.15, 0.2) is 0 Å². The molecule has 0 bridgehead atoms. The molecule has 0 aliphatic carbocycles. The molecule has 0 saturated heterocycles. The lowest BCUT2D eigenvalue weighted by molar-refractivity contribution is 0.0938. The Labute approximate surface area is 137 Å². The highest BCUT2D eigenvalue weighted by atomic mass is 79.9. The molecule has 3 nitrogen and oxygen atoms in total. The first-order valence-corrected chi connectivity index (χ1v) is 7.95. The fourth-order valence-electron chi connectivity index (χ4n) is 2.44. The molecule has 1 atom stereocenters. The van der Waals surface area contributed by atoms with E-state index in [0.717, 1.165) is 21.2 Å². The van der Waals surface area contributed by atoms with Gasteiger partial charge >= 0.3 is 0 Å². The standard InChI is InChI=1S/C18H16BrNO2/c1-12(20-18(21)15-7-3-4-8-16(15)19)10-14-11-13-6-2-5-9-17(13)22-14/h2-9,11-12H,10H2,1H3,(H,20,21)/t12-/m0/s1. The van der Waals surface area contributed by atoms with Crippen molar-refractivity contribution in [3.8, 4) is 0 Å². The van der Waals surface area contributed by atoms with Crippen molar-refractivity contribution in [1.82, 2.24) is 5.32 Å². The topological polar surface area (TPSA) is 42.2 Å². The van der Waals surface area contributed by atoms with E-state index in [1.54, 1.807) is 6.07 Å². The third kappa shape index (κ3) is 3.22. The van der Waals surface area contributed by atoms with E-state index in [4.69, 9.17) is 4.42 Å². The summed E-state index contributed by atoms with van der Waals surface area (Å²) < 4.78 is 6.58. The molecule has 0 radical (unpaired) electrons. The summed E-state index contributed by atoms with van der Waals surface area (Å²) in [5.74, 6) is 0.789. The van der Waals surface area contributed by atoms with Crippen LogP contribution in [0.1, 0.15) is 23.0 Å². The average Bonchev–Trinajstić information content (AvgIpc) is 2.89. The van der Waals surface area contributed by atoms with Gasteiger partial charge in [0, 0.05) is 22.3 Å². The quantitative estimate of drug-likeness (QED) is 0.743. The minimum atomic E-state index is -0.0870. The van der Waals surface area contributed by atoms with Crippen molar-refractivity contribution >= 4 is 32.8 Å². The van der Waals surface area contributed by atoms with Crippen molar-refractivity contribution in [2.24, 2.45) is 0 Å². The Morgan fingerprint density at radius 1 is 1.18 bits per heavy atom. The van der Waals surface area contributed by atoms with E-state index in [-0.39, 0.29) is 11.9 Å². The number of carbonyl (C=O) groups is 1. The molecule has 1 heterocycles. The van der Waals surface area contributed by atoms with Crippen LogP contribution in [-0.4, -0.2) is 11.9 Å². The smallest absolute Gasteiger partial charge is 0.252 e. The molecular weight excluding hydrogens is 342 g/mol. The Morgan fingerprint density at radius 2 is 1.91 bits per heavy atom. The third-order valence-corrected chi connectivity index (χ3v) is 4.17. The summed E-state index contributed by atoms with van der Waals surface area (Å²) in [6.45, 7) is 1.97. The molecule has 0 fully saturated rings. The zero-order valence-electron chi connectivity index (χ0n) is 12.2. The maximum absolute atomic E-state index is 12.3. The zero-order valence-corrected chi connectivity index (χ0v) is 13.8. The van der Waals surface area contributed by atoms with Crippen molar-refractivity contribution in [3.05, 3.63) is 70.4 Å². The number of carbonyl (C=O) groups excluding carboxylic acids is 1. The van der Waals surface area contributed by atoms with Crippen LogP contribution < -0.4 is 5.32 Å². The van der Waals surface area contributed by atoms with Crippen LogP contribution in [0.3, 0.4) is 0 Å². The first-order valence-electron chi connectivity index (χ1n) is 7.16. The zero-order chi connectivity index (χ0) is 15.5. The first kappa shape index (κ1) is 14.9. The van der Waals surface area contributed by atoms with Gasteiger partial charge in [0.05, 0.1) is 5.56 Å². The number of amides is 1. The predicted octanol–water partition coefficient (Wildman–Crippen LogP) is 4.56. The molecule has 0 aliphatic rings. The Bertz CT molecular complexity index is 776. The van der Waals surface area contributed by atoms with Gasteiger partial charge in [-0.1, -0.05) is 30.3 Å². The molecule has 4 heteroatoms. The van der Waals surface area contributed by atoms with Gasteiger partial charge in [-0.2, -0.15) is 0 Å².